The van der Waals surface area contributed by atoms with Gasteiger partial charge in [-0.2, -0.15) is 0 Å². The predicted octanol–water partition coefficient (Wildman–Crippen LogP) is 1.64. The Morgan fingerprint density at radius 3 is 2.32 bits per heavy atom. The van der Waals surface area contributed by atoms with Gasteiger partial charge in [-0.3, -0.25) is 9.59 Å². The number of nitrogens with one attached hydrogen (secondary N) is 2. The van der Waals surface area contributed by atoms with Crippen molar-refractivity contribution in [1.82, 2.24) is 10.6 Å². The van der Waals surface area contributed by atoms with Crippen LogP contribution in [0.25, 0.3) is 0 Å². The number of carbonyl (C=O) groups is 3. The minimum atomic E-state index is -0.569. The Hall–Kier alpha value is -2.17. The molecule has 5 nitrogen and oxygen atoms in total. The quantitative estimate of drug-likeness (QED) is 0.717. The molecule has 1 rings (SSSR count). The van der Waals surface area contributed by atoms with Crippen LogP contribution in [-0.4, -0.2) is 30.7 Å². The zero-order valence-electron chi connectivity index (χ0n) is 13.3. The number of rotatable bonds is 8. The third-order valence-corrected chi connectivity index (χ3v) is 3.29. The van der Waals surface area contributed by atoms with E-state index in [4.69, 9.17) is 0 Å². The molecule has 0 fully saturated rings. The van der Waals surface area contributed by atoms with Gasteiger partial charge in [0.2, 0.25) is 11.8 Å². The summed E-state index contributed by atoms with van der Waals surface area (Å²) in [6, 6.07) is 8.72. The van der Waals surface area contributed by atoms with Gasteiger partial charge >= 0.3 is 0 Å². The molecule has 2 atom stereocenters. The van der Waals surface area contributed by atoms with E-state index in [9.17, 15) is 14.4 Å². The summed E-state index contributed by atoms with van der Waals surface area (Å²) in [5.74, 6) is -0.608. The molecule has 2 N–H and O–H groups in total. The van der Waals surface area contributed by atoms with Crippen LogP contribution in [0, 0.1) is 5.92 Å². The number of carbonyl (C=O) groups excluding carboxylic acids is 3. The van der Waals surface area contributed by atoms with Crippen molar-refractivity contribution in [3.8, 4) is 0 Å². The van der Waals surface area contributed by atoms with Crippen molar-refractivity contribution >= 4 is 18.1 Å². The van der Waals surface area contributed by atoms with Gasteiger partial charge in [0.1, 0.15) is 12.3 Å². The zero-order valence-corrected chi connectivity index (χ0v) is 13.3. The first-order valence-electron chi connectivity index (χ1n) is 7.49. The van der Waals surface area contributed by atoms with Gasteiger partial charge in [-0.1, -0.05) is 44.2 Å². The Morgan fingerprint density at radius 1 is 1.18 bits per heavy atom. The molecule has 0 bridgehead atoms. The zero-order chi connectivity index (χ0) is 16.5. The molecule has 0 aliphatic heterocycles. The SMILES string of the molecule is CC(=O)NC(CC(C)C)C(=O)NCC(C=O)c1ccccc1. The first-order valence-corrected chi connectivity index (χ1v) is 7.49. The van der Waals surface area contributed by atoms with Crippen LogP contribution in [0.15, 0.2) is 30.3 Å². The Morgan fingerprint density at radius 2 is 1.82 bits per heavy atom. The van der Waals surface area contributed by atoms with E-state index in [1.807, 2.05) is 44.2 Å². The molecule has 0 radical (unpaired) electrons. The minimum absolute atomic E-state index is 0.223. The molecular weight excluding hydrogens is 280 g/mol. The maximum absolute atomic E-state index is 12.2. The van der Waals surface area contributed by atoms with E-state index in [0.29, 0.717) is 6.42 Å². The molecule has 0 saturated carbocycles. The second kappa shape index (κ2) is 8.97. The third-order valence-electron chi connectivity index (χ3n) is 3.29. The molecule has 2 unspecified atom stereocenters. The summed E-state index contributed by atoms with van der Waals surface area (Å²) in [4.78, 5) is 34.7. The van der Waals surface area contributed by atoms with Crippen molar-refractivity contribution in [2.75, 3.05) is 6.54 Å². The van der Waals surface area contributed by atoms with Crippen molar-refractivity contribution < 1.29 is 14.4 Å². The van der Waals surface area contributed by atoms with Crippen molar-refractivity contribution in [2.24, 2.45) is 5.92 Å². The normalized spacial score (nSPS) is 13.3. The second-order valence-corrected chi connectivity index (χ2v) is 5.78. The largest absolute Gasteiger partial charge is 0.353 e. The highest BCUT2D eigenvalue weighted by atomic mass is 16.2. The van der Waals surface area contributed by atoms with Gasteiger partial charge in [0.05, 0.1) is 5.92 Å². The average molecular weight is 304 g/mol. The number of hydrogen-bond donors (Lipinski definition) is 2. The Balaban J connectivity index is 2.64. The topological polar surface area (TPSA) is 75.3 Å². The van der Waals surface area contributed by atoms with Crippen LogP contribution >= 0.6 is 0 Å². The van der Waals surface area contributed by atoms with E-state index < -0.39 is 6.04 Å². The van der Waals surface area contributed by atoms with E-state index in [2.05, 4.69) is 10.6 Å². The first-order chi connectivity index (χ1) is 10.4. The fourth-order valence-corrected chi connectivity index (χ4v) is 2.23. The molecule has 1 aromatic carbocycles. The van der Waals surface area contributed by atoms with Gasteiger partial charge in [-0.25, -0.2) is 0 Å². The summed E-state index contributed by atoms with van der Waals surface area (Å²) in [5.41, 5.74) is 0.859. The van der Waals surface area contributed by atoms with Gasteiger partial charge in [0.15, 0.2) is 0 Å². The van der Waals surface area contributed by atoms with Crippen LogP contribution in [-0.2, 0) is 14.4 Å². The summed E-state index contributed by atoms with van der Waals surface area (Å²) in [7, 11) is 0. The smallest absolute Gasteiger partial charge is 0.242 e. The summed E-state index contributed by atoms with van der Waals surface area (Å²) < 4.78 is 0. The van der Waals surface area contributed by atoms with Crippen molar-refractivity contribution in [2.45, 2.75) is 39.2 Å². The lowest BCUT2D eigenvalue weighted by Gasteiger charge is -2.20. The van der Waals surface area contributed by atoms with Crippen LogP contribution in [0.3, 0.4) is 0 Å². The Kier molecular flexibility index (Phi) is 7.29. The number of benzene rings is 1. The fraction of sp³-hybridized carbons (Fsp3) is 0.471. The molecule has 0 aromatic heterocycles. The molecule has 0 spiro atoms. The molecule has 0 saturated heterocycles. The van der Waals surface area contributed by atoms with Gasteiger partial charge in [0.25, 0.3) is 0 Å². The van der Waals surface area contributed by atoms with Gasteiger partial charge in [-0.05, 0) is 17.9 Å². The van der Waals surface area contributed by atoms with E-state index >= 15 is 0 Å². The maximum Gasteiger partial charge on any atom is 0.242 e. The van der Waals surface area contributed by atoms with E-state index in [1.54, 1.807) is 0 Å². The number of hydrogen-bond acceptors (Lipinski definition) is 3. The molecular formula is C17H24N2O3. The molecule has 0 aliphatic rings. The second-order valence-electron chi connectivity index (χ2n) is 5.78. The van der Waals surface area contributed by atoms with Crippen LogP contribution in [0.5, 0.6) is 0 Å². The maximum atomic E-state index is 12.2. The molecule has 2 amide bonds. The van der Waals surface area contributed by atoms with E-state index in [-0.39, 0.29) is 30.2 Å². The summed E-state index contributed by atoms with van der Waals surface area (Å²) >= 11 is 0. The standard InChI is InChI=1S/C17H24N2O3/c1-12(2)9-16(19-13(3)21)17(22)18-10-15(11-20)14-7-5-4-6-8-14/h4-8,11-12,15-16H,9-10H2,1-3H3,(H,18,22)(H,19,21). The average Bonchev–Trinajstić information content (AvgIpc) is 2.47. The lowest BCUT2D eigenvalue weighted by molar-refractivity contribution is -0.128. The molecule has 0 aliphatic carbocycles. The van der Waals surface area contributed by atoms with Crippen molar-refractivity contribution in [3.63, 3.8) is 0 Å². The summed E-state index contributed by atoms with van der Waals surface area (Å²) in [6.45, 7) is 5.58. The Labute approximate surface area is 131 Å². The van der Waals surface area contributed by atoms with Crippen LogP contribution in [0.4, 0.5) is 0 Å². The molecule has 5 heteroatoms. The predicted molar refractivity (Wildman–Crippen MR) is 85.3 cm³/mol. The van der Waals surface area contributed by atoms with Crippen LogP contribution in [0.2, 0.25) is 0 Å². The van der Waals surface area contributed by atoms with Gasteiger partial charge in [0, 0.05) is 13.5 Å². The highest BCUT2D eigenvalue weighted by Gasteiger charge is 2.21. The van der Waals surface area contributed by atoms with Crippen molar-refractivity contribution in [1.29, 1.82) is 0 Å². The highest BCUT2D eigenvalue weighted by molar-refractivity contribution is 5.87. The lowest BCUT2D eigenvalue weighted by Crippen LogP contribution is -2.47. The summed E-state index contributed by atoms with van der Waals surface area (Å²) in [5, 5.41) is 5.41. The monoisotopic (exact) mass is 304 g/mol. The minimum Gasteiger partial charge on any atom is -0.353 e. The number of aldehydes is 1. The summed E-state index contributed by atoms with van der Waals surface area (Å²) in [6.07, 6.45) is 1.38. The van der Waals surface area contributed by atoms with Gasteiger partial charge < -0.3 is 15.4 Å². The van der Waals surface area contributed by atoms with E-state index in [1.165, 1.54) is 6.92 Å². The molecule has 1 aromatic rings. The molecule has 120 valence electrons. The molecule has 22 heavy (non-hydrogen) atoms. The van der Waals surface area contributed by atoms with Crippen LogP contribution in [0.1, 0.15) is 38.7 Å². The van der Waals surface area contributed by atoms with E-state index in [0.717, 1.165) is 11.8 Å². The number of amides is 2. The molecule has 0 heterocycles. The van der Waals surface area contributed by atoms with Crippen LogP contribution < -0.4 is 10.6 Å². The Bertz CT molecular complexity index is 500. The first kappa shape index (κ1) is 17.9. The third kappa shape index (κ3) is 6.08. The highest BCUT2D eigenvalue weighted by Crippen LogP contribution is 2.12. The van der Waals surface area contributed by atoms with Crippen molar-refractivity contribution in [3.05, 3.63) is 35.9 Å². The lowest BCUT2D eigenvalue weighted by atomic mass is 9.99. The fourth-order valence-electron chi connectivity index (χ4n) is 2.23. The van der Waals surface area contributed by atoms with Gasteiger partial charge in [-0.15, -0.1) is 0 Å².